The van der Waals surface area contributed by atoms with Crippen LogP contribution in [0.4, 0.5) is 13.2 Å². The summed E-state index contributed by atoms with van der Waals surface area (Å²) in [6.07, 6.45) is -2.97. The van der Waals surface area contributed by atoms with Crippen molar-refractivity contribution in [3.05, 3.63) is 65.2 Å². The summed E-state index contributed by atoms with van der Waals surface area (Å²) in [7, 11) is 0. The van der Waals surface area contributed by atoms with Crippen LogP contribution in [0.3, 0.4) is 0 Å². The molecule has 0 bridgehead atoms. The van der Waals surface area contributed by atoms with Gasteiger partial charge in [0.2, 0.25) is 0 Å². The number of rotatable bonds is 2. The van der Waals surface area contributed by atoms with E-state index in [0.29, 0.717) is 16.7 Å². The number of hydrogen-bond donors (Lipinski definition) is 0. The zero-order chi connectivity index (χ0) is 16.2. The van der Waals surface area contributed by atoms with Crippen LogP contribution in [0.25, 0.3) is 17.2 Å². The molecule has 22 heavy (non-hydrogen) atoms. The van der Waals surface area contributed by atoms with E-state index in [1.165, 1.54) is 18.2 Å². The first-order chi connectivity index (χ1) is 10.5. The number of allylic oxidation sites excluding steroid dienone is 1. The molecule has 0 aliphatic rings. The Morgan fingerprint density at radius 3 is 2.05 bits per heavy atom. The minimum atomic E-state index is -4.38. The molecule has 0 N–H and O–H groups in total. The summed E-state index contributed by atoms with van der Waals surface area (Å²) in [6, 6.07) is 15.2. The van der Waals surface area contributed by atoms with Crippen molar-refractivity contribution in [1.82, 2.24) is 0 Å². The largest absolute Gasteiger partial charge is 0.416 e. The summed E-state index contributed by atoms with van der Waals surface area (Å²) in [5.74, 6) is 0. The molecule has 0 aromatic heterocycles. The lowest BCUT2D eigenvalue weighted by molar-refractivity contribution is -0.137. The molecule has 0 amide bonds. The summed E-state index contributed by atoms with van der Waals surface area (Å²) in [6.45, 7) is 0. The van der Waals surface area contributed by atoms with E-state index in [1.807, 2.05) is 0 Å². The second-order valence-corrected chi connectivity index (χ2v) is 4.44. The minimum absolute atomic E-state index is 0.0700. The lowest BCUT2D eigenvalue weighted by Gasteiger charge is -2.09. The summed E-state index contributed by atoms with van der Waals surface area (Å²) >= 11 is 0. The van der Waals surface area contributed by atoms with Gasteiger partial charge in [-0.15, -0.1) is 0 Å². The smallest absolute Gasteiger partial charge is 0.192 e. The van der Waals surface area contributed by atoms with Gasteiger partial charge in [-0.1, -0.05) is 36.4 Å². The highest BCUT2D eigenvalue weighted by Crippen LogP contribution is 2.32. The first-order valence-electron chi connectivity index (χ1n) is 6.24. The number of benzene rings is 2. The number of nitriles is 2. The van der Waals surface area contributed by atoms with Crippen molar-refractivity contribution in [2.24, 2.45) is 0 Å². The lowest BCUT2D eigenvalue weighted by Crippen LogP contribution is -2.04. The molecule has 2 nitrogen and oxygen atoms in total. The maximum Gasteiger partial charge on any atom is 0.416 e. The topological polar surface area (TPSA) is 47.6 Å². The highest BCUT2D eigenvalue weighted by molar-refractivity contribution is 5.78. The van der Waals surface area contributed by atoms with Crippen LogP contribution in [0.5, 0.6) is 0 Å². The zero-order valence-corrected chi connectivity index (χ0v) is 11.2. The maximum atomic E-state index is 12.6. The fraction of sp³-hybridized carbons (Fsp3) is 0.0588. The minimum Gasteiger partial charge on any atom is -0.192 e. The van der Waals surface area contributed by atoms with E-state index in [4.69, 9.17) is 10.5 Å². The predicted molar refractivity (Wildman–Crippen MR) is 76.1 cm³/mol. The maximum absolute atomic E-state index is 12.6. The first kappa shape index (κ1) is 15.3. The molecule has 2 rings (SSSR count). The van der Waals surface area contributed by atoms with Crippen molar-refractivity contribution in [3.8, 4) is 23.3 Å². The molecule has 0 atom stereocenters. The molecule has 0 spiro atoms. The van der Waals surface area contributed by atoms with Crippen LogP contribution in [-0.4, -0.2) is 0 Å². The van der Waals surface area contributed by atoms with Crippen molar-refractivity contribution in [1.29, 1.82) is 10.5 Å². The first-order valence-corrected chi connectivity index (χ1v) is 6.24. The molecule has 0 heterocycles. The molecule has 108 valence electrons. The fourth-order valence-electron chi connectivity index (χ4n) is 1.97. The Morgan fingerprint density at radius 1 is 0.909 bits per heavy atom. The quantitative estimate of drug-likeness (QED) is 0.747. The van der Waals surface area contributed by atoms with Gasteiger partial charge in [-0.05, 0) is 34.9 Å². The standard InChI is InChI=1S/C17H9F3N2/c18-17(19,20)15-7-5-13(6-8-15)16-4-2-1-3-14(16)9-12(10-21)11-22/h1-9H. The average molecular weight is 298 g/mol. The van der Waals surface area contributed by atoms with Gasteiger partial charge in [0.15, 0.2) is 0 Å². The lowest BCUT2D eigenvalue weighted by atomic mass is 9.97. The molecule has 2 aromatic carbocycles. The molecule has 0 aliphatic carbocycles. The predicted octanol–water partition coefficient (Wildman–Crippen LogP) is 4.80. The molecule has 0 unspecified atom stereocenters. The fourth-order valence-corrected chi connectivity index (χ4v) is 1.97. The molecule has 0 saturated carbocycles. The second kappa shape index (κ2) is 6.15. The highest BCUT2D eigenvalue weighted by Gasteiger charge is 2.29. The molecule has 0 radical (unpaired) electrons. The Hall–Kier alpha value is -3.05. The van der Waals surface area contributed by atoms with Crippen LogP contribution >= 0.6 is 0 Å². The summed E-state index contributed by atoms with van der Waals surface area (Å²) < 4.78 is 37.7. The summed E-state index contributed by atoms with van der Waals surface area (Å²) in [4.78, 5) is 0. The van der Waals surface area contributed by atoms with Crippen LogP contribution in [0.15, 0.2) is 54.1 Å². The number of halogens is 3. The third-order valence-electron chi connectivity index (χ3n) is 3.02. The van der Waals surface area contributed by atoms with Crippen molar-refractivity contribution in [2.45, 2.75) is 6.18 Å². The van der Waals surface area contributed by atoms with Crippen LogP contribution in [0, 0.1) is 22.7 Å². The SMILES string of the molecule is N#CC(C#N)=Cc1ccccc1-c1ccc(C(F)(F)F)cc1. The Morgan fingerprint density at radius 2 is 1.50 bits per heavy atom. The number of nitrogens with zero attached hydrogens (tertiary/aromatic N) is 2. The Kier molecular flexibility index (Phi) is 4.29. The third-order valence-corrected chi connectivity index (χ3v) is 3.02. The summed E-state index contributed by atoms with van der Waals surface area (Å²) in [5, 5.41) is 17.6. The summed E-state index contributed by atoms with van der Waals surface area (Å²) in [5.41, 5.74) is 1.04. The normalized spacial score (nSPS) is 10.4. The molecule has 5 heteroatoms. The van der Waals surface area contributed by atoms with Crippen molar-refractivity contribution < 1.29 is 13.2 Å². The molecular formula is C17H9F3N2. The number of alkyl halides is 3. The monoisotopic (exact) mass is 298 g/mol. The molecular weight excluding hydrogens is 289 g/mol. The molecule has 0 saturated heterocycles. The van der Waals surface area contributed by atoms with Gasteiger partial charge in [0.1, 0.15) is 17.7 Å². The van der Waals surface area contributed by atoms with E-state index in [2.05, 4.69) is 0 Å². The Labute approximate surface area is 125 Å². The van der Waals surface area contributed by atoms with E-state index < -0.39 is 11.7 Å². The van der Waals surface area contributed by atoms with Gasteiger partial charge in [0, 0.05) is 0 Å². The van der Waals surface area contributed by atoms with E-state index >= 15 is 0 Å². The van der Waals surface area contributed by atoms with Gasteiger partial charge in [-0.3, -0.25) is 0 Å². The Bertz CT molecular complexity index is 772. The van der Waals surface area contributed by atoms with Crippen LogP contribution in [-0.2, 0) is 6.18 Å². The van der Waals surface area contributed by atoms with Gasteiger partial charge in [-0.25, -0.2) is 0 Å². The van der Waals surface area contributed by atoms with Gasteiger partial charge in [0.25, 0.3) is 0 Å². The van der Waals surface area contributed by atoms with E-state index in [-0.39, 0.29) is 5.57 Å². The average Bonchev–Trinajstić information content (AvgIpc) is 2.52. The third kappa shape index (κ3) is 3.34. The van der Waals surface area contributed by atoms with Crippen molar-refractivity contribution in [3.63, 3.8) is 0 Å². The zero-order valence-electron chi connectivity index (χ0n) is 11.2. The van der Waals surface area contributed by atoms with Gasteiger partial charge in [0.05, 0.1) is 5.56 Å². The number of hydrogen-bond acceptors (Lipinski definition) is 2. The van der Waals surface area contributed by atoms with Gasteiger partial charge >= 0.3 is 6.18 Å². The van der Waals surface area contributed by atoms with Crippen molar-refractivity contribution in [2.75, 3.05) is 0 Å². The second-order valence-electron chi connectivity index (χ2n) is 4.44. The van der Waals surface area contributed by atoms with E-state index in [0.717, 1.165) is 12.1 Å². The van der Waals surface area contributed by atoms with Crippen LogP contribution in [0.2, 0.25) is 0 Å². The Balaban J connectivity index is 2.49. The molecule has 2 aromatic rings. The van der Waals surface area contributed by atoms with Gasteiger partial charge in [-0.2, -0.15) is 23.7 Å². The van der Waals surface area contributed by atoms with Crippen LogP contribution in [0.1, 0.15) is 11.1 Å². The highest BCUT2D eigenvalue weighted by atomic mass is 19.4. The van der Waals surface area contributed by atoms with Crippen molar-refractivity contribution >= 4 is 6.08 Å². The van der Waals surface area contributed by atoms with E-state index in [9.17, 15) is 13.2 Å². The van der Waals surface area contributed by atoms with Crippen LogP contribution < -0.4 is 0 Å². The van der Waals surface area contributed by atoms with E-state index in [1.54, 1.807) is 36.4 Å². The van der Waals surface area contributed by atoms with Gasteiger partial charge < -0.3 is 0 Å². The molecule has 0 fully saturated rings. The molecule has 0 aliphatic heterocycles.